The number of hydrogen-bond acceptors (Lipinski definition) is 3. The van der Waals surface area contributed by atoms with Gasteiger partial charge in [-0.3, -0.25) is 9.78 Å². The minimum Gasteiger partial charge on any atom is -0.350 e. The second-order valence-corrected chi connectivity index (χ2v) is 6.07. The molecule has 0 saturated carbocycles. The highest BCUT2D eigenvalue weighted by Gasteiger charge is 2.20. The molecule has 0 aromatic carbocycles. The van der Waals surface area contributed by atoms with Crippen molar-refractivity contribution in [2.75, 3.05) is 19.6 Å². The number of nitrogens with zero attached hydrogens (tertiary/aromatic N) is 2. The summed E-state index contributed by atoms with van der Waals surface area (Å²) in [7, 11) is 0. The van der Waals surface area contributed by atoms with E-state index in [0.29, 0.717) is 12.0 Å². The first-order valence-electron chi connectivity index (χ1n) is 7.75. The lowest BCUT2D eigenvalue weighted by Crippen LogP contribution is -2.45. The standard InChI is InChI=1S/C17H25N3O/c1-14(2)13-20-11-8-16(9-12-20)19-17(21)7-6-15-5-3-4-10-18-15/h3-7,10,14,16H,8-9,11-13H2,1-2H3,(H,19,21). The zero-order chi connectivity index (χ0) is 15.1. The molecule has 1 N–H and O–H groups in total. The maximum atomic E-state index is 11.9. The first-order valence-corrected chi connectivity index (χ1v) is 7.75. The molecule has 0 aliphatic carbocycles. The van der Waals surface area contributed by atoms with Crippen LogP contribution in [0.5, 0.6) is 0 Å². The molecule has 4 heteroatoms. The van der Waals surface area contributed by atoms with E-state index < -0.39 is 0 Å². The fourth-order valence-corrected chi connectivity index (χ4v) is 2.66. The Morgan fingerprint density at radius 1 is 1.43 bits per heavy atom. The van der Waals surface area contributed by atoms with E-state index in [-0.39, 0.29) is 5.91 Å². The Morgan fingerprint density at radius 2 is 2.19 bits per heavy atom. The fraction of sp³-hybridized carbons (Fsp3) is 0.529. The maximum absolute atomic E-state index is 11.9. The first-order chi connectivity index (χ1) is 10.1. The lowest BCUT2D eigenvalue weighted by atomic mass is 10.0. The average Bonchev–Trinajstić information content (AvgIpc) is 2.48. The molecule has 2 heterocycles. The molecule has 2 rings (SSSR count). The highest BCUT2D eigenvalue weighted by molar-refractivity contribution is 5.91. The van der Waals surface area contributed by atoms with Gasteiger partial charge in [0.1, 0.15) is 0 Å². The Labute approximate surface area is 127 Å². The number of hydrogen-bond donors (Lipinski definition) is 1. The third kappa shape index (κ3) is 5.68. The molecule has 0 radical (unpaired) electrons. The van der Waals surface area contributed by atoms with Gasteiger partial charge in [0.25, 0.3) is 0 Å². The second-order valence-electron chi connectivity index (χ2n) is 6.07. The van der Waals surface area contributed by atoms with Crippen molar-refractivity contribution in [1.82, 2.24) is 15.2 Å². The third-order valence-electron chi connectivity index (χ3n) is 3.65. The predicted molar refractivity (Wildman–Crippen MR) is 85.7 cm³/mol. The molecule has 1 aliphatic rings. The highest BCUT2D eigenvalue weighted by Crippen LogP contribution is 2.12. The van der Waals surface area contributed by atoms with Crippen LogP contribution in [0.1, 0.15) is 32.4 Å². The summed E-state index contributed by atoms with van der Waals surface area (Å²) in [6, 6.07) is 5.96. The summed E-state index contributed by atoms with van der Waals surface area (Å²) in [6.45, 7) is 7.80. The summed E-state index contributed by atoms with van der Waals surface area (Å²) in [5.41, 5.74) is 0.805. The molecule has 1 amide bonds. The number of carbonyl (C=O) groups excluding carboxylic acids is 1. The number of carbonyl (C=O) groups is 1. The van der Waals surface area contributed by atoms with Gasteiger partial charge >= 0.3 is 0 Å². The predicted octanol–water partition coefficient (Wildman–Crippen LogP) is 2.33. The van der Waals surface area contributed by atoms with E-state index in [1.165, 1.54) is 0 Å². The van der Waals surface area contributed by atoms with E-state index in [2.05, 4.69) is 29.0 Å². The Morgan fingerprint density at radius 3 is 2.81 bits per heavy atom. The molecule has 4 nitrogen and oxygen atoms in total. The van der Waals surface area contributed by atoms with Gasteiger partial charge in [-0.05, 0) is 37.0 Å². The van der Waals surface area contributed by atoms with Crippen molar-refractivity contribution in [2.24, 2.45) is 5.92 Å². The summed E-state index contributed by atoms with van der Waals surface area (Å²) >= 11 is 0. The highest BCUT2D eigenvalue weighted by atomic mass is 16.1. The summed E-state index contributed by atoms with van der Waals surface area (Å²) < 4.78 is 0. The van der Waals surface area contributed by atoms with Crippen molar-refractivity contribution in [3.8, 4) is 0 Å². The van der Waals surface area contributed by atoms with E-state index in [1.807, 2.05) is 18.2 Å². The zero-order valence-electron chi connectivity index (χ0n) is 13.0. The molecule has 1 aromatic rings. The van der Waals surface area contributed by atoms with Gasteiger partial charge in [-0.1, -0.05) is 19.9 Å². The van der Waals surface area contributed by atoms with Gasteiger partial charge in [0.2, 0.25) is 5.91 Å². The van der Waals surface area contributed by atoms with E-state index in [4.69, 9.17) is 0 Å². The Kier molecular flexibility index (Phi) is 5.93. The van der Waals surface area contributed by atoms with E-state index >= 15 is 0 Å². The van der Waals surface area contributed by atoms with Crippen LogP contribution in [-0.2, 0) is 4.79 Å². The third-order valence-corrected chi connectivity index (χ3v) is 3.65. The van der Waals surface area contributed by atoms with Crippen LogP contribution >= 0.6 is 0 Å². The molecule has 1 aromatic heterocycles. The minimum absolute atomic E-state index is 0.0250. The average molecular weight is 287 g/mol. The maximum Gasteiger partial charge on any atom is 0.244 e. The van der Waals surface area contributed by atoms with E-state index in [1.54, 1.807) is 18.3 Å². The monoisotopic (exact) mass is 287 g/mol. The van der Waals surface area contributed by atoms with E-state index in [0.717, 1.165) is 38.2 Å². The van der Waals surface area contributed by atoms with Gasteiger partial charge in [-0.2, -0.15) is 0 Å². The normalized spacial score (nSPS) is 17.5. The molecule has 1 aliphatic heterocycles. The molecule has 0 unspecified atom stereocenters. The zero-order valence-corrected chi connectivity index (χ0v) is 13.0. The second kappa shape index (κ2) is 7.93. The summed E-state index contributed by atoms with van der Waals surface area (Å²) in [5.74, 6) is 0.681. The van der Waals surface area contributed by atoms with Crippen LogP contribution in [0.25, 0.3) is 6.08 Å². The van der Waals surface area contributed by atoms with Crippen LogP contribution in [-0.4, -0.2) is 41.5 Å². The first kappa shape index (κ1) is 15.7. The Bertz CT molecular complexity index is 462. The van der Waals surface area contributed by atoms with Crippen LogP contribution in [0.3, 0.4) is 0 Å². The quantitative estimate of drug-likeness (QED) is 0.845. The number of rotatable bonds is 5. The Hall–Kier alpha value is -1.68. The molecule has 0 atom stereocenters. The fourth-order valence-electron chi connectivity index (χ4n) is 2.66. The molecule has 114 valence electrons. The SMILES string of the molecule is CC(C)CN1CCC(NC(=O)C=Cc2ccccn2)CC1. The lowest BCUT2D eigenvalue weighted by Gasteiger charge is -2.33. The Balaban J connectivity index is 1.73. The number of aromatic nitrogens is 1. The van der Waals surface area contributed by atoms with Crippen molar-refractivity contribution in [3.63, 3.8) is 0 Å². The van der Waals surface area contributed by atoms with Crippen molar-refractivity contribution < 1.29 is 4.79 Å². The van der Waals surface area contributed by atoms with Crippen molar-refractivity contribution in [2.45, 2.75) is 32.7 Å². The number of likely N-dealkylation sites (tertiary alicyclic amines) is 1. The molecule has 21 heavy (non-hydrogen) atoms. The van der Waals surface area contributed by atoms with Crippen LogP contribution in [0.2, 0.25) is 0 Å². The molecule has 0 bridgehead atoms. The number of piperidine rings is 1. The van der Waals surface area contributed by atoms with Crippen LogP contribution in [0.15, 0.2) is 30.5 Å². The molecule has 0 spiro atoms. The van der Waals surface area contributed by atoms with Crippen LogP contribution < -0.4 is 5.32 Å². The topological polar surface area (TPSA) is 45.2 Å². The van der Waals surface area contributed by atoms with Crippen molar-refractivity contribution >= 4 is 12.0 Å². The molecule has 1 fully saturated rings. The van der Waals surface area contributed by atoms with Gasteiger partial charge < -0.3 is 10.2 Å². The largest absolute Gasteiger partial charge is 0.350 e. The summed E-state index contributed by atoms with van der Waals surface area (Å²) in [4.78, 5) is 18.5. The summed E-state index contributed by atoms with van der Waals surface area (Å²) in [6.07, 6.45) is 7.12. The van der Waals surface area contributed by atoms with Gasteiger partial charge in [0.05, 0.1) is 5.69 Å². The van der Waals surface area contributed by atoms with Crippen molar-refractivity contribution in [1.29, 1.82) is 0 Å². The van der Waals surface area contributed by atoms with Gasteiger partial charge in [0, 0.05) is 37.9 Å². The number of pyridine rings is 1. The van der Waals surface area contributed by atoms with E-state index in [9.17, 15) is 4.79 Å². The smallest absolute Gasteiger partial charge is 0.244 e. The van der Waals surface area contributed by atoms with Crippen LogP contribution in [0.4, 0.5) is 0 Å². The van der Waals surface area contributed by atoms with Crippen LogP contribution in [0, 0.1) is 5.92 Å². The minimum atomic E-state index is -0.0250. The molecule has 1 saturated heterocycles. The van der Waals surface area contributed by atoms with Gasteiger partial charge in [0.15, 0.2) is 0 Å². The van der Waals surface area contributed by atoms with Gasteiger partial charge in [-0.25, -0.2) is 0 Å². The van der Waals surface area contributed by atoms with Gasteiger partial charge in [-0.15, -0.1) is 0 Å². The number of nitrogens with one attached hydrogen (secondary N) is 1. The molecular formula is C17H25N3O. The molecular weight excluding hydrogens is 262 g/mol. The van der Waals surface area contributed by atoms with Crippen molar-refractivity contribution in [3.05, 3.63) is 36.2 Å². The number of amides is 1. The summed E-state index contributed by atoms with van der Waals surface area (Å²) in [5, 5.41) is 3.08. The lowest BCUT2D eigenvalue weighted by molar-refractivity contribution is -0.117.